The van der Waals surface area contributed by atoms with Crippen molar-refractivity contribution in [2.24, 2.45) is 5.92 Å². The predicted octanol–water partition coefficient (Wildman–Crippen LogP) is 3.06. The van der Waals surface area contributed by atoms with E-state index in [1.807, 2.05) is 24.3 Å². The monoisotopic (exact) mass is 247 g/mol. The minimum absolute atomic E-state index is 0.0925. The Morgan fingerprint density at radius 2 is 2.22 bits per heavy atom. The van der Waals surface area contributed by atoms with Gasteiger partial charge in [-0.25, -0.2) is 0 Å². The number of nitrogens with one attached hydrogen (secondary N) is 1. The summed E-state index contributed by atoms with van der Waals surface area (Å²) in [6.07, 6.45) is 2.50. The zero-order chi connectivity index (χ0) is 13.0. The van der Waals surface area contributed by atoms with Crippen LogP contribution in [0.3, 0.4) is 0 Å². The lowest BCUT2D eigenvalue weighted by atomic mass is 10.0. The van der Waals surface area contributed by atoms with Gasteiger partial charge in [0.2, 0.25) is 5.91 Å². The molecule has 0 radical (unpaired) electrons. The Labute approximate surface area is 109 Å². The average Bonchev–Trinajstić information content (AvgIpc) is 2.51. The van der Waals surface area contributed by atoms with Gasteiger partial charge in [0.1, 0.15) is 5.75 Å². The first-order valence-electron chi connectivity index (χ1n) is 6.68. The highest BCUT2D eigenvalue weighted by Gasteiger charge is 2.21. The molecule has 0 fully saturated rings. The number of rotatable bonds is 3. The molecule has 18 heavy (non-hydrogen) atoms. The molecule has 1 atom stereocenters. The van der Waals surface area contributed by atoms with Crippen LogP contribution in [0.2, 0.25) is 0 Å². The molecule has 0 saturated heterocycles. The van der Waals surface area contributed by atoms with E-state index in [4.69, 9.17) is 4.74 Å². The fraction of sp³-hybridized carbons (Fsp3) is 0.533. The topological polar surface area (TPSA) is 38.3 Å². The van der Waals surface area contributed by atoms with Gasteiger partial charge in [0.25, 0.3) is 0 Å². The summed E-state index contributed by atoms with van der Waals surface area (Å²) in [4.78, 5) is 11.9. The molecule has 3 heteroatoms. The van der Waals surface area contributed by atoms with Gasteiger partial charge in [-0.3, -0.25) is 4.79 Å². The number of para-hydroxylation sites is 1. The van der Waals surface area contributed by atoms with Gasteiger partial charge in [-0.1, -0.05) is 32.0 Å². The number of hydrogen-bond donors (Lipinski definition) is 1. The number of fused-ring (bicyclic) bond motifs is 1. The van der Waals surface area contributed by atoms with Crippen LogP contribution in [-0.4, -0.2) is 12.5 Å². The third-order valence-electron chi connectivity index (χ3n) is 3.12. The highest BCUT2D eigenvalue weighted by molar-refractivity contribution is 5.76. The molecular weight excluding hydrogens is 226 g/mol. The molecule has 1 amide bonds. The molecule has 0 spiro atoms. The van der Waals surface area contributed by atoms with Crippen molar-refractivity contribution < 1.29 is 9.53 Å². The van der Waals surface area contributed by atoms with Crippen LogP contribution in [0.4, 0.5) is 0 Å². The second-order valence-corrected chi connectivity index (χ2v) is 5.25. The van der Waals surface area contributed by atoms with Gasteiger partial charge in [-0.05, 0) is 24.8 Å². The Morgan fingerprint density at radius 3 is 3.00 bits per heavy atom. The summed E-state index contributed by atoms with van der Waals surface area (Å²) in [7, 11) is 0. The number of carbonyl (C=O) groups is 1. The Morgan fingerprint density at radius 1 is 1.44 bits per heavy atom. The zero-order valence-electron chi connectivity index (χ0n) is 11.1. The Kier molecular flexibility index (Phi) is 4.24. The predicted molar refractivity (Wildman–Crippen MR) is 71.5 cm³/mol. The summed E-state index contributed by atoms with van der Waals surface area (Å²) in [6.45, 7) is 4.85. The maximum absolute atomic E-state index is 11.9. The van der Waals surface area contributed by atoms with E-state index in [2.05, 4.69) is 19.2 Å². The summed E-state index contributed by atoms with van der Waals surface area (Å²) < 4.78 is 5.69. The molecule has 0 unspecified atom stereocenters. The second kappa shape index (κ2) is 5.89. The van der Waals surface area contributed by atoms with Crippen molar-refractivity contribution in [3.63, 3.8) is 0 Å². The van der Waals surface area contributed by atoms with Crippen LogP contribution < -0.4 is 10.1 Å². The van der Waals surface area contributed by atoms with Crippen LogP contribution in [0.1, 0.15) is 44.7 Å². The van der Waals surface area contributed by atoms with E-state index < -0.39 is 0 Å². The van der Waals surface area contributed by atoms with Gasteiger partial charge in [0.05, 0.1) is 12.6 Å². The van der Waals surface area contributed by atoms with E-state index in [1.165, 1.54) is 0 Å². The lowest BCUT2D eigenvalue weighted by molar-refractivity contribution is -0.122. The van der Waals surface area contributed by atoms with Crippen LogP contribution in [0.5, 0.6) is 5.75 Å². The van der Waals surface area contributed by atoms with Crippen LogP contribution in [-0.2, 0) is 4.79 Å². The Bertz CT molecular complexity index is 415. The van der Waals surface area contributed by atoms with Crippen LogP contribution in [0.25, 0.3) is 0 Å². The van der Waals surface area contributed by atoms with E-state index in [0.29, 0.717) is 12.3 Å². The van der Waals surface area contributed by atoms with Gasteiger partial charge in [0, 0.05) is 12.0 Å². The van der Waals surface area contributed by atoms with E-state index in [1.54, 1.807) is 0 Å². The molecule has 1 aromatic rings. The molecule has 3 nitrogen and oxygen atoms in total. The van der Waals surface area contributed by atoms with Gasteiger partial charge in [-0.2, -0.15) is 0 Å². The zero-order valence-corrected chi connectivity index (χ0v) is 11.1. The number of ether oxygens (including phenoxy) is 1. The van der Waals surface area contributed by atoms with E-state index in [0.717, 1.165) is 30.8 Å². The standard InChI is InChI=1S/C15H21NO2/c1-11(2)10-15(17)16-13-7-5-9-18-14-8-4-3-6-12(13)14/h3-4,6,8,11,13H,5,7,9-10H2,1-2H3,(H,16,17)/t13-/m0/s1. The molecule has 1 aliphatic rings. The fourth-order valence-electron chi connectivity index (χ4n) is 2.30. The lowest BCUT2D eigenvalue weighted by Crippen LogP contribution is -2.29. The minimum atomic E-state index is 0.0925. The molecule has 1 aliphatic heterocycles. The van der Waals surface area contributed by atoms with Crippen LogP contribution >= 0.6 is 0 Å². The summed E-state index contributed by atoms with van der Waals surface area (Å²) in [5, 5.41) is 3.13. The summed E-state index contributed by atoms with van der Waals surface area (Å²) >= 11 is 0. The van der Waals surface area contributed by atoms with Gasteiger partial charge < -0.3 is 10.1 Å². The first kappa shape index (κ1) is 12.9. The lowest BCUT2D eigenvalue weighted by Gasteiger charge is -2.19. The van der Waals surface area contributed by atoms with E-state index in [9.17, 15) is 4.79 Å². The Hall–Kier alpha value is -1.51. The third-order valence-corrected chi connectivity index (χ3v) is 3.12. The van der Waals surface area contributed by atoms with Crippen LogP contribution in [0.15, 0.2) is 24.3 Å². The smallest absolute Gasteiger partial charge is 0.220 e. The Balaban J connectivity index is 2.10. The minimum Gasteiger partial charge on any atom is -0.493 e. The summed E-state index contributed by atoms with van der Waals surface area (Å²) in [6, 6.07) is 8.07. The van der Waals surface area contributed by atoms with Crippen molar-refractivity contribution in [2.45, 2.75) is 39.2 Å². The maximum atomic E-state index is 11.9. The summed E-state index contributed by atoms with van der Waals surface area (Å²) in [5.74, 6) is 1.43. The molecule has 0 saturated carbocycles. The average molecular weight is 247 g/mol. The summed E-state index contributed by atoms with van der Waals surface area (Å²) in [5.41, 5.74) is 1.10. The van der Waals surface area contributed by atoms with Crippen molar-refractivity contribution in [1.29, 1.82) is 0 Å². The number of carbonyl (C=O) groups excluding carboxylic acids is 1. The molecule has 0 bridgehead atoms. The normalized spacial score (nSPS) is 18.7. The number of hydrogen-bond acceptors (Lipinski definition) is 2. The highest BCUT2D eigenvalue weighted by atomic mass is 16.5. The second-order valence-electron chi connectivity index (χ2n) is 5.25. The van der Waals surface area contributed by atoms with Crippen molar-refractivity contribution in [3.8, 4) is 5.75 Å². The maximum Gasteiger partial charge on any atom is 0.220 e. The van der Waals surface area contributed by atoms with E-state index in [-0.39, 0.29) is 11.9 Å². The third kappa shape index (κ3) is 3.25. The quantitative estimate of drug-likeness (QED) is 0.891. The number of amides is 1. The van der Waals surface area contributed by atoms with Crippen molar-refractivity contribution in [2.75, 3.05) is 6.61 Å². The number of benzene rings is 1. The van der Waals surface area contributed by atoms with Crippen molar-refractivity contribution in [1.82, 2.24) is 5.32 Å². The molecule has 98 valence electrons. The van der Waals surface area contributed by atoms with E-state index >= 15 is 0 Å². The molecule has 2 rings (SSSR count). The fourth-order valence-corrected chi connectivity index (χ4v) is 2.30. The molecule has 1 N–H and O–H groups in total. The first-order valence-corrected chi connectivity index (χ1v) is 6.68. The molecule has 0 aliphatic carbocycles. The molecule has 0 aromatic heterocycles. The van der Waals surface area contributed by atoms with Gasteiger partial charge >= 0.3 is 0 Å². The van der Waals surface area contributed by atoms with Gasteiger partial charge in [-0.15, -0.1) is 0 Å². The largest absolute Gasteiger partial charge is 0.493 e. The molecule has 1 aromatic carbocycles. The molecular formula is C15H21NO2. The van der Waals surface area contributed by atoms with Crippen molar-refractivity contribution >= 4 is 5.91 Å². The van der Waals surface area contributed by atoms with Gasteiger partial charge in [0.15, 0.2) is 0 Å². The van der Waals surface area contributed by atoms with Crippen LogP contribution in [0, 0.1) is 5.92 Å². The SMILES string of the molecule is CC(C)CC(=O)N[C@H]1CCCOc2ccccc21. The molecule has 1 heterocycles. The van der Waals surface area contributed by atoms with Crippen molar-refractivity contribution in [3.05, 3.63) is 29.8 Å². The highest BCUT2D eigenvalue weighted by Crippen LogP contribution is 2.31. The first-order chi connectivity index (χ1) is 8.66.